The van der Waals surface area contributed by atoms with Crippen molar-refractivity contribution in [1.29, 1.82) is 5.26 Å². The van der Waals surface area contributed by atoms with Crippen molar-refractivity contribution in [3.8, 4) is 11.8 Å². The number of carbonyl (C=O) groups is 1. The minimum Gasteiger partial charge on any atom is -0.426 e. The Morgan fingerprint density at radius 3 is 2.52 bits per heavy atom. The third-order valence-electron chi connectivity index (χ3n) is 7.96. The standard InChI is InChI=1S/C25H32FNO2/c1-2-3-16-4-10-22-17(12-16)5-6-18-13-19(8-11-23(18)22)25(28)29-21-9-7-20(15-27)24(26)14-21/h7,9,14,16-19,22-23H,2-6,8,10-13H2,1H3/t16?,17-,18+,19+,22-,23-/m0/s1. The van der Waals surface area contributed by atoms with Gasteiger partial charge in [-0.05, 0) is 86.7 Å². The second-order valence-electron chi connectivity index (χ2n) is 9.58. The number of fused-ring (bicyclic) bond motifs is 3. The molecule has 4 heteroatoms. The Labute approximate surface area is 173 Å². The summed E-state index contributed by atoms with van der Waals surface area (Å²) in [7, 11) is 0. The van der Waals surface area contributed by atoms with E-state index in [9.17, 15) is 9.18 Å². The lowest BCUT2D eigenvalue weighted by molar-refractivity contribution is -0.142. The largest absolute Gasteiger partial charge is 0.426 e. The Bertz CT molecular complexity index is 786. The van der Waals surface area contributed by atoms with Gasteiger partial charge in [-0.15, -0.1) is 0 Å². The number of esters is 1. The molecule has 29 heavy (non-hydrogen) atoms. The number of halogens is 1. The van der Waals surface area contributed by atoms with Crippen molar-refractivity contribution in [3.05, 3.63) is 29.6 Å². The van der Waals surface area contributed by atoms with Gasteiger partial charge in [-0.1, -0.05) is 26.2 Å². The van der Waals surface area contributed by atoms with E-state index in [2.05, 4.69) is 6.92 Å². The van der Waals surface area contributed by atoms with E-state index in [1.807, 2.05) is 0 Å². The van der Waals surface area contributed by atoms with Gasteiger partial charge in [0.05, 0.1) is 11.5 Å². The summed E-state index contributed by atoms with van der Waals surface area (Å²) >= 11 is 0. The number of hydrogen-bond donors (Lipinski definition) is 0. The molecule has 3 saturated carbocycles. The fraction of sp³-hybridized carbons (Fsp3) is 0.680. The van der Waals surface area contributed by atoms with E-state index in [0.29, 0.717) is 5.92 Å². The predicted molar refractivity (Wildman–Crippen MR) is 110 cm³/mol. The normalized spacial score (nSPS) is 33.8. The van der Waals surface area contributed by atoms with Crippen molar-refractivity contribution in [3.63, 3.8) is 0 Å². The highest BCUT2D eigenvalue weighted by atomic mass is 19.1. The van der Waals surface area contributed by atoms with E-state index in [-0.39, 0.29) is 23.2 Å². The molecule has 0 aromatic heterocycles. The first-order chi connectivity index (χ1) is 14.1. The monoisotopic (exact) mass is 397 g/mol. The fourth-order valence-corrected chi connectivity index (χ4v) is 6.63. The van der Waals surface area contributed by atoms with Gasteiger partial charge < -0.3 is 4.74 Å². The molecule has 0 bridgehead atoms. The SMILES string of the molecule is CCCC1CC[C@H]2[C@@H](CC[C@@H]3C[C@H](C(=O)Oc4ccc(C#N)c(F)c4)CC[C@@H]32)C1. The van der Waals surface area contributed by atoms with Crippen molar-refractivity contribution in [2.75, 3.05) is 0 Å². The molecule has 3 fully saturated rings. The van der Waals surface area contributed by atoms with Crippen LogP contribution in [-0.4, -0.2) is 5.97 Å². The fourth-order valence-electron chi connectivity index (χ4n) is 6.63. The number of benzene rings is 1. The van der Waals surface area contributed by atoms with E-state index in [1.54, 1.807) is 6.07 Å². The van der Waals surface area contributed by atoms with Crippen LogP contribution in [0.25, 0.3) is 0 Å². The Kier molecular flexibility index (Phi) is 6.23. The molecule has 1 unspecified atom stereocenters. The number of carbonyl (C=O) groups excluding carboxylic acids is 1. The second kappa shape index (κ2) is 8.86. The molecule has 0 radical (unpaired) electrons. The zero-order chi connectivity index (χ0) is 20.4. The Morgan fingerprint density at radius 2 is 1.83 bits per heavy atom. The van der Waals surface area contributed by atoms with E-state index in [4.69, 9.17) is 10.00 Å². The van der Waals surface area contributed by atoms with Gasteiger partial charge in [0.2, 0.25) is 0 Å². The second-order valence-corrected chi connectivity index (χ2v) is 9.58. The minimum atomic E-state index is -0.640. The Balaban J connectivity index is 1.34. The van der Waals surface area contributed by atoms with Crippen LogP contribution >= 0.6 is 0 Å². The molecule has 1 aromatic rings. The lowest BCUT2D eigenvalue weighted by atomic mass is 9.55. The molecule has 4 rings (SSSR count). The molecule has 156 valence electrons. The third kappa shape index (κ3) is 4.34. The maximum absolute atomic E-state index is 13.8. The summed E-state index contributed by atoms with van der Waals surface area (Å²) in [6.45, 7) is 2.30. The highest BCUT2D eigenvalue weighted by Gasteiger charge is 2.45. The summed E-state index contributed by atoms with van der Waals surface area (Å²) < 4.78 is 19.3. The maximum Gasteiger partial charge on any atom is 0.314 e. The summed E-state index contributed by atoms with van der Waals surface area (Å²) in [4.78, 5) is 12.7. The number of nitrogens with zero attached hydrogens (tertiary/aromatic N) is 1. The van der Waals surface area contributed by atoms with Crippen LogP contribution in [0.2, 0.25) is 0 Å². The van der Waals surface area contributed by atoms with E-state index < -0.39 is 5.82 Å². The molecule has 0 aliphatic heterocycles. The third-order valence-corrected chi connectivity index (χ3v) is 7.96. The van der Waals surface area contributed by atoms with Crippen molar-refractivity contribution in [1.82, 2.24) is 0 Å². The molecule has 1 aromatic carbocycles. The number of ether oxygens (including phenoxy) is 1. The molecular formula is C25H32FNO2. The van der Waals surface area contributed by atoms with Crippen molar-refractivity contribution in [2.24, 2.45) is 35.5 Å². The zero-order valence-electron chi connectivity index (χ0n) is 17.4. The van der Waals surface area contributed by atoms with Gasteiger partial charge in [0, 0.05) is 6.07 Å². The molecule has 0 heterocycles. The van der Waals surface area contributed by atoms with Crippen LogP contribution in [0.15, 0.2) is 18.2 Å². The first-order valence-electron chi connectivity index (χ1n) is 11.5. The van der Waals surface area contributed by atoms with Crippen molar-refractivity contribution in [2.45, 2.75) is 71.1 Å². The van der Waals surface area contributed by atoms with Gasteiger partial charge >= 0.3 is 5.97 Å². The maximum atomic E-state index is 13.8. The van der Waals surface area contributed by atoms with Crippen LogP contribution in [0.3, 0.4) is 0 Å². The smallest absolute Gasteiger partial charge is 0.314 e. The van der Waals surface area contributed by atoms with Crippen LogP contribution < -0.4 is 4.74 Å². The van der Waals surface area contributed by atoms with Gasteiger partial charge in [-0.3, -0.25) is 4.79 Å². The van der Waals surface area contributed by atoms with Gasteiger partial charge in [0.1, 0.15) is 17.6 Å². The first kappa shape index (κ1) is 20.4. The van der Waals surface area contributed by atoms with Crippen molar-refractivity contribution >= 4 is 5.97 Å². The van der Waals surface area contributed by atoms with Crippen molar-refractivity contribution < 1.29 is 13.9 Å². The van der Waals surface area contributed by atoms with Gasteiger partial charge in [0.25, 0.3) is 0 Å². The molecule has 3 aliphatic carbocycles. The molecule has 6 atom stereocenters. The molecular weight excluding hydrogens is 365 g/mol. The van der Waals surface area contributed by atoms with Gasteiger partial charge in [-0.25, -0.2) is 4.39 Å². The number of nitriles is 1. The van der Waals surface area contributed by atoms with Crippen LogP contribution in [-0.2, 0) is 4.79 Å². The zero-order valence-corrected chi connectivity index (χ0v) is 17.4. The van der Waals surface area contributed by atoms with Crippen LogP contribution in [0.5, 0.6) is 5.75 Å². The van der Waals surface area contributed by atoms with Crippen LogP contribution in [0, 0.1) is 52.7 Å². The van der Waals surface area contributed by atoms with Gasteiger partial charge in [0.15, 0.2) is 0 Å². The molecule has 3 aliphatic rings. The van der Waals surface area contributed by atoms with Gasteiger partial charge in [-0.2, -0.15) is 5.26 Å². The lowest BCUT2D eigenvalue weighted by Crippen LogP contribution is -2.42. The highest BCUT2D eigenvalue weighted by Crippen LogP contribution is 2.53. The predicted octanol–water partition coefficient (Wildman–Crippen LogP) is 6.26. The summed E-state index contributed by atoms with van der Waals surface area (Å²) in [6.07, 6.45) is 12.4. The summed E-state index contributed by atoms with van der Waals surface area (Å²) in [5, 5.41) is 8.83. The minimum absolute atomic E-state index is 0.0317. The van der Waals surface area contributed by atoms with E-state index in [0.717, 1.165) is 49.0 Å². The van der Waals surface area contributed by atoms with Crippen LogP contribution in [0.4, 0.5) is 4.39 Å². The summed E-state index contributed by atoms with van der Waals surface area (Å²) in [5.41, 5.74) is -0.0317. The van der Waals surface area contributed by atoms with E-state index in [1.165, 1.54) is 57.1 Å². The molecule has 3 nitrogen and oxygen atoms in total. The Hall–Kier alpha value is -1.89. The van der Waals surface area contributed by atoms with E-state index >= 15 is 0 Å². The Morgan fingerprint density at radius 1 is 1.10 bits per heavy atom. The summed E-state index contributed by atoms with van der Waals surface area (Å²) in [5.74, 6) is 3.39. The lowest BCUT2D eigenvalue weighted by Gasteiger charge is -2.50. The number of rotatable bonds is 4. The highest BCUT2D eigenvalue weighted by molar-refractivity contribution is 5.75. The molecule has 0 amide bonds. The topological polar surface area (TPSA) is 50.1 Å². The molecule has 0 N–H and O–H groups in total. The molecule has 0 saturated heterocycles. The average Bonchev–Trinajstić information content (AvgIpc) is 2.73. The average molecular weight is 398 g/mol. The van der Waals surface area contributed by atoms with Crippen LogP contribution in [0.1, 0.15) is 76.7 Å². The first-order valence-corrected chi connectivity index (χ1v) is 11.5. The summed E-state index contributed by atoms with van der Waals surface area (Å²) in [6, 6.07) is 5.80. The molecule has 0 spiro atoms. The number of hydrogen-bond acceptors (Lipinski definition) is 3. The quantitative estimate of drug-likeness (QED) is 0.445.